The summed E-state index contributed by atoms with van der Waals surface area (Å²) < 4.78 is 27.2. The lowest BCUT2D eigenvalue weighted by atomic mass is 10.1. The van der Waals surface area contributed by atoms with Gasteiger partial charge in [-0.05, 0) is 43.3 Å². The number of hydrogen-bond donors (Lipinski definition) is 2. The van der Waals surface area contributed by atoms with Crippen LogP contribution in [0.1, 0.15) is 10.4 Å². The molecule has 0 saturated heterocycles. The molecule has 9 heteroatoms. The fraction of sp³-hybridized carbons (Fsp3) is 0.176. The van der Waals surface area contributed by atoms with Crippen molar-refractivity contribution in [1.82, 2.24) is 9.71 Å². The van der Waals surface area contributed by atoms with Gasteiger partial charge in [0.2, 0.25) is 10.0 Å². The molecule has 1 aromatic carbocycles. The number of nitriles is 1. The van der Waals surface area contributed by atoms with Crippen LogP contribution in [-0.4, -0.2) is 26.5 Å². The van der Waals surface area contributed by atoms with E-state index in [0.29, 0.717) is 38.1 Å². The predicted octanol–water partition coefficient (Wildman–Crippen LogP) is 3.52. The van der Waals surface area contributed by atoms with Crippen LogP contribution in [0.5, 0.6) is 0 Å². The van der Waals surface area contributed by atoms with Crippen molar-refractivity contribution in [2.45, 2.75) is 11.1 Å². The summed E-state index contributed by atoms with van der Waals surface area (Å²) in [5.41, 5.74) is 1.10. The van der Waals surface area contributed by atoms with Crippen molar-refractivity contribution >= 4 is 49.7 Å². The Morgan fingerprint density at radius 1 is 1.23 bits per heavy atom. The summed E-state index contributed by atoms with van der Waals surface area (Å²) >= 11 is 7.19. The molecular formula is C17H15ClN4O2S2. The van der Waals surface area contributed by atoms with Crippen molar-refractivity contribution in [3.63, 3.8) is 0 Å². The first-order valence-corrected chi connectivity index (χ1v) is 10.4. The third kappa shape index (κ3) is 4.14. The smallest absolute Gasteiger partial charge is 0.250 e. The van der Waals surface area contributed by atoms with E-state index in [0.717, 1.165) is 4.88 Å². The van der Waals surface area contributed by atoms with Crippen LogP contribution in [0.3, 0.4) is 0 Å². The lowest BCUT2D eigenvalue weighted by Gasteiger charge is -2.09. The van der Waals surface area contributed by atoms with E-state index in [-0.39, 0.29) is 6.54 Å². The van der Waals surface area contributed by atoms with Gasteiger partial charge in [-0.2, -0.15) is 5.26 Å². The number of thiophene rings is 1. The monoisotopic (exact) mass is 406 g/mol. The number of aromatic nitrogens is 1. The van der Waals surface area contributed by atoms with Crippen molar-refractivity contribution in [2.24, 2.45) is 0 Å². The Bertz CT molecular complexity index is 1100. The zero-order valence-electron chi connectivity index (χ0n) is 13.8. The van der Waals surface area contributed by atoms with Crippen LogP contribution in [0, 0.1) is 18.3 Å². The second kappa shape index (κ2) is 7.60. The van der Waals surface area contributed by atoms with Crippen molar-refractivity contribution in [2.75, 3.05) is 18.4 Å². The number of benzene rings is 1. The number of hydrogen-bond acceptors (Lipinski definition) is 6. The van der Waals surface area contributed by atoms with Gasteiger partial charge >= 0.3 is 0 Å². The van der Waals surface area contributed by atoms with Gasteiger partial charge < -0.3 is 5.32 Å². The van der Waals surface area contributed by atoms with Crippen molar-refractivity contribution < 1.29 is 8.42 Å². The van der Waals surface area contributed by atoms with E-state index in [9.17, 15) is 13.7 Å². The van der Waals surface area contributed by atoms with Crippen LogP contribution in [0.25, 0.3) is 10.9 Å². The average Bonchev–Trinajstić information content (AvgIpc) is 3.05. The number of halogens is 1. The summed E-state index contributed by atoms with van der Waals surface area (Å²) in [6.07, 6.45) is 0. The standard InChI is InChI=1S/C17H15ClN4O2S2/c1-11-2-5-17(25-11)26(23,24)21-7-6-20-16-8-12(10-19)14-9-13(18)3-4-15(14)22-16/h2-5,8-9,21H,6-7H2,1H3,(H,20,22). The SMILES string of the molecule is Cc1ccc(S(=O)(=O)NCCNc2cc(C#N)c3cc(Cl)ccc3n2)s1. The molecule has 0 aliphatic carbocycles. The molecule has 0 aliphatic heterocycles. The molecule has 26 heavy (non-hydrogen) atoms. The average molecular weight is 407 g/mol. The van der Waals surface area contributed by atoms with E-state index in [4.69, 9.17) is 11.6 Å². The number of rotatable bonds is 6. The first kappa shape index (κ1) is 18.6. The molecule has 0 aliphatic rings. The Kier molecular flexibility index (Phi) is 5.44. The summed E-state index contributed by atoms with van der Waals surface area (Å²) in [6.45, 7) is 2.39. The maximum atomic E-state index is 12.2. The van der Waals surface area contributed by atoms with E-state index in [2.05, 4.69) is 21.1 Å². The Morgan fingerprint density at radius 2 is 2.04 bits per heavy atom. The lowest BCUT2D eigenvalue weighted by Crippen LogP contribution is -2.28. The van der Waals surface area contributed by atoms with Crippen molar-refractivity contribution in [3.05, 3.63) is 51.9 Å². The van der Waals surface area contributed by atoms with Crippen LogP contribution in [-0.2, 0) is 10.0 Å². The van der Waals surface area contributed by atoms with Gasteiger partial charge in [0.05, 0.1) is 17.1 Å². The van der Waals surface area contributed by atoms with Crippen molar-refractivity contribution in [1.29, 1.82) is 5.26 Å². The number of sulfonamides is 1. The van der Waals surface area contributed by atoms with Crippen LogP contribution in [0.15, 0.2) is 40.6 Å². The molecule has 0 spiro atoms. The largest absolute Gasteiger partial charge is 0.369 e. The highest BCUT2D eigenvalue weighted by Crippen LogP contribution is 2.24. The fourth-order valence-corrected chi connectivity index (χ4v) is 4.92. The zero-order chi connectivity index (χ0) is 18.7. The normalized spacial score (nSPS) is 11.4. The Hall–Kier alpha value is -2.18. The molecule has 3 rings (SSSR count). The first-order valence-electron chi connectivity index (χ1n) is 7.69. The quantitative estimate of drug-likeness (QED) is 0.610. The van der Waals surface area contributed by atoms with Gasteiger partial charge in [-0.1, -0.05) is 11.6 Å². The minimum atomic E-state index is -3.51. The molecular weight excluding hydrogens is 392 g/mol. The molecule has 6 nitrogen and oxygen atoms in total. The molecule has 0 unspecified atom stereocenters. The highest BCUT2D eigenvalue weighted by atomic mass is 35.5. The Labute approximate surface area is 160 Å². The molecule has 0 atom stereocenters. The van der Waals surface area contributed by atoms with Crippen LogP contribution >= 0.6 is 22.9 Å². The number of pyridine rings is 1. The molecule has 0 amide bonds. The molecule has 2 heterocycles. The number of aryl methyl sites for hydroxylation is 1. The van der Waals surface area contributed by atoms with E-state index < -0.39 is 10.0 Å². The van der Waals surface area contributed by atoms with E-state index in [1.807, 2.05) is 6.92 Å². The van der Waals surface area contributed by atoms with E-state index in [1.54, 1.807) is 36.4 Å². The molecule has 3 aromatic rings. The molecule has 0 bridgehead atoms. The summed E-state index contributed by atoms with van der Waals surface area (Å²) in [7, 11) is -3.51. The summed E-state index contributed by atoms with van der Waals surface area (Å²) in [6, 6.07) is 12.3. The molecule has 134 valence electrons. The Balaban J connectivity index is 1.67. The Morgan fingerprint density at radius 3 is 2.73 bits per heavy atom. The highest BCUT2D eigenvalue weighted by molar-refractivity contribution is 7.91. The fourth-order valence-electron chi connectivity index (χ4n) is 2.38. The van der Waals surface area contributed by atoms with Gasteiger partial charge in [-0.25, -0.2) is 18.1 Å². The van der Waals surface area contributed by atoms with Crippen LogP contribution < -0.4 is 10.0 Å². The van der Waals surface area contributed by atoms with Crippen LogP contribution in [0.4, 0.5) is 5.82 Å². The summed E-state index contributed by atoms with van der Waals surface area (Å²) in [4.78, 5) is 5.36. The number of nitrogens with one attached hydrogen (secondary N) is 2. The number of nitrogens with zero attached hydrogens (tertiary/aromatic N) is 2. The zero-order valence-corrected chi connectivity index (χ0v) is 16.2. The molecule has 0 saturated carbocycles. The second-order valence-corrected chi connectivity index (χ2v) is 9.24. The molecule has 0 fully saturated rings. The topological polar surface area (TPSA) is 94.9 Å². The third-order valence-electron chi connectivity index (χ3n) is 3.59. The van der Waals surface area contributed by atoms with Crippen LogP contribution in [0.2, 0.25) is 5.02 Å². The van der Waals surface area contributed by atoms with Crippen molar-refractivity contribution in [3.8, 4) is 6.07 Å². The second-order valence-electron chi connectivity index (χ2n) is 5.52. The molecule has 0 radical (unpaired) electrons. The minimum Gasteiger partial charge on any atom is -0.369 e. The third-order valence-corrected chi connectivity index (χ3v) is 6.78. The first-order chi connectivity index (χ1) is 12.4. The van der Waals surface area contributed by atoms with E-state index in [1.165, 1.54) is 11.3 Å². The summed E-state index contributed by atoms with van der Waals surface area (Å²) in [5, 5.41) is 13.6. The predicted molar refractivity (Wildman–Crippen MR) is 104 cm³/mol. The van der Waals surface area contributed by atoms with E-state index >= 15 is 0 Å². The van der Waals surface area contributed by atoms with Gasteiger partial charge in [0.25, 0.3) is 0 Å². The lowest BCUT2D eigenvalue weighted by molar-refractivity contribution is 0.585. The van der Waals surface area contributed by atoms with Gasteiger partial charge in [-0.15, -0.1) is 11.3 Å². The van der Waals surface area contributed by atoms with Gasteiger partial charge in [-0.3, -0.25) is 0 Å². The number of fused-ring (bicyclic) bond motifs is 1. The maximum absolute atomic E-state index is 12.2. The number of anilines is 1. The minimum absolute atomic E-state index is 0.196. The van der Waals surface area contributed by atoms with Gasteiger partial charge in [0, 0.05) is 28.4 Å². The summed E-state index contributed by atoms with van der Waals surface area (Å²) in [5.74, 6) is 0.502. The molecule has 2 N–H and O–H groups in total. The highest BCUT2D eigenvalue weighted by Gasteiger charge is 2.15. The maximum Gasteiger partial charge on any atom is 0.250 e. The van der Waals surface area contributed by atoms with Gasteiger partial charge in [0.15, 0.2) is 0 Å². The molecule has 2 aromatic heterocycles. The van der Waals surface area contributed by atoms with Gasteiger partial charge in [0.1, 0.15) is 10.0 Å².